The Bertz CT molecular complexity index is 263. The van der Waals surface area contributed by atoms with Crippen molar-refractivity contribution in [3.8, 4) is 0 Å². The van der Waals surface area contributed by atoms with E-state index in [-0.39, 0.29) is 31.0 Å². The smallest absolute Gasteiger partial charge is 1.00 e. The van der Waals surface area contributed by atoms with Gasteiger partial charge in [0.2, 0.25) is 0 Å². The third-order valence-electron chi connectivity index (χ3n) is 0.899. The van der Waals surface area contributed by atoms with Crippen molar-refractivity contribution in [1.29, 1.82) is 0 Å². The van der Waals surface area contributed by atoms with Crippen LogP contribution >= 0.6 is 15.6 Å². The second-order valence-electron chi connectivity index (χ2n) is 2.13. The third-order valence-corrected chi connectivity index (χ3v) is 3.14. The van der Waals surface area contributed by atoms with Gasteiger partial charge in [0.05, 0.1) is 13.2 Å². The number of aliphatic hydroxyl groups excluding tert-OH is 2. The molecule has 0 aliphatic rings. The third kappa shape index (κ3) is 10.1. The average molecular weight is 276 g/mol. The molecule has 0 radical (unpaired) electrons. The van der Waals surface area contributed by atoms with Gasteiger partial charge in [-0.1, -0.05) is 0 Å². The van der Waals surface area contributed by atoms with Gasteiger partial charge in [-0.2, -0.15) is 4.31 Å². The van der Waals surface area contributed by atoms with Gasteiger partial charge in [-0.3, -0.25) is 4.52 Å². The van der Waals surface area contributed by atoms with Crippen LogP contribution in [0, 0.1) is 0 Å². The van der Waals surface area contributed by atoms with E-state index in [1.54, 1.807) is 0 Å². The van der Waals surface area contributed by atoms with Crippen LogP contribution in [-0.2, 0) is 18.0 Å². The second kappa shape index (κ2) is 7.50. The fourth-order valence-electron chi connectivity index (χ4n) is 0.466. The van der Waals surface area contributed by atoms with Gasteiger partial charge in [0, 0.05) is 0 Å². The minimum atomic E-state index is -5.17. The summed E-state index contributed by atoms with van der Waals surface area (Å²) >= 11 is 0. The molecule has 1 atom stereocenters. The van der Waals surface area contributed by atoms with Gasteiger partial charge < -0.3 is 26.3 Å². The van der Waals surface area contributed by atoms with E-state index in [2.05, 4.69) is 8.83 Å². The molecule has 0 fully saturated rings. The van der Waals surface area contributed by atoms with Crippen molar-refractivity contribution in [2.45, 2.75) is 6.10 Å². The Morgan fingerprint density at radius 1 is 1.13 bits per heavy atom. The van der Waals surface area contributed by atoms with Crippen molar-refractivity contribution in [3.63, 3.8) is 0 Å². The molecule has 0 aliphatic heterocycles. The molecule has 0 rings (SSSR count). The van der Waals surface area contributed by atoms with E-state index in [1.165, 1.54) is 0 Å². The molecular formula is C3H11NaO9P2. The minimum Gasteiger partial charge on any atom is -1.00 e. The molecule has 15 heavy (non-hydrogen) atoms. The first kappa shape index (κ1) is 18.5. The predicted octanol–water partition coefficient (Wildman–Crippen LogP) is -4.32. The van der Waals surface area contributed by atoms with E-state index in [1.807, 2.05) is 0 Å². The van der Waals surface area contributed by atoms with E-state index in [0.29, 0.717) is 0 Å². The monoisotopic (exact) mass is 276 g/mol. The van der Waals surface area contributed by atoms with Crippen LogP contribution in [0.4, 0.5) is 0 Å². The normalized spacial score (nSPS) is 15.9. The first-order valence-electron chi connectivity index (χ1n) is 3.20. The molecule has 0 aromatic rings. The Balaban J connectivity index is -0.000000845. The topological polar surface area (TPSA) is 154 Å². The molecule has 0 aromatic heterocycles. The van der Waals surface area contributed by atoms with Crippen LogP contribution in [0.2, 0.25) is 0 Å². The fraction of sp³-hybridized carbons (Fsp3) is 1.00. The molecular weight excluding hydrogens is 265 g/mol. The van der Waals surface area contributed by atoms with Gasteiger partial charge in [-0.25, -0.2) is 9.13 Å². The van der Waals surface area contributed by atoms with Crippen molar-refractivity contribution in [3.05, 3.63) is 0 Å². The number of aliphatic hydroxyl groups is 2. The predicted molar refractivity (Wildman–Crippen MR) is 43.1 cm³/mol. The van der Waals surface area contributed by atoms with E-state index in [9.17, 15) is 9.13 Å². The maximum atomic E-state index is 10.8. The maximum absolute atomic E-state index is 10.8. The summed E-state index contributed by atoms with van der Waals surface area (Å²) in [5, 5.41) is 16.8. The fourth-order valence-corrected chi connectivity index (χ4v) is 2.21. The zero-order valence-electron chi connectivity index (χ0n) is 8.76. The molecule has 0 aromatic carbocycles. The maximum Gasteiger partial charge on any atom is 1.00 e. The molecule has 12 heteroatoms. The van der Waals surface area contributed by atoms with Crippen molar-refractivity contribution < 1.29 is 73.8 Å². The van der Waals surface area contributed by atoms with Crippen molar-refractivity contribution >= 4 is 15.6 Å². The summed E-state index contributed by atoms with van der Waals surface area (Å²) in [5.74, 6) is 0. The molecule has 0 heterocycles. The standard InChI is InChI=1S/C3H10O9P2.Na.H/c4-1-3(2-5)11-14(9,10)12-13(6,7)8;;/h3-5H,1-2H2,(H,9,10)(H2,6,7,8);;/q;+1;-1. The average Bonchev–Trinajstić information content (AvgIpc) is 1.95. The van der Waals surface area contributed by atoms with Gasteiger partial charge in [0.15, 0.2) is 0 Å². The summed E-state index contributed by atoms with van der Waals surface area (Å²) < 4.78 is 28.3. The molecule has 0 amide bonds. The Morgan fingerprint density at radius 2 is 1.53 bits per heavy atom. The van der Waals surface area contributed by atoms with E-state index in [0.717, 1.165) is 0 Å². The largest absolute Gasteiger partial charge is 1.00 e. The van der Waals surface area contributed by atoms with Gasteiger partial charge in [-0.05, 0) is 0 Å². The van der Waals surface area contributed by atoms with Crippen LogP contribution in [0.5, 0.6) is 0 Å². The van der Waals surface area contributed by atoms with E-state index < -0.39 is 35.0 Å². The summed E-state index contributed by atoms with van der Waals surface area (Å²) in [5.41, 5.74) is 0. The van der Waals surface area contributed by atoms with Crippen LogP contribution in [-0.4, -0.2) is 44.2 Å². The van der Waals surface area contributed by atoms with Crippen LogP contribution in [0.3, 0.4) is 0 Å². The molecule has 0 spiro atoms. The number of hydrogen-bond acceptors (Lipinski definition) is 6. The molecule has 9 nitrogen and oxygen atoms in total. The number of phosphoric ester groups is 1. The Morgan fingerprint density at radius 3 is 1.80 bits per heavy atom. The molecule has 1 unspecified atom stereocenters. The van der Waals surface area contributed by atoms with Crippen LogP contribution in [0.1, 0.15) is 1.43 Å². The van der Waals surface area contributed by atoms with Gasteiger partial charge in [0.25, 0.3) is 0 Å². The molecule has 0 saturated heterocycles. The van der Waals surface area contributed by atoms with Crippen molar-refractivity contribution in [1.82, 2.24) is 0 Å². The zero-order chi connectivity index (χ0) is 11.4. The summed E-state index contributed by atoms with van der Waals surface area (Å²) in [6, 6.07) is 0. The number of phosphoric acid groups is 2. The number of rotatable bonds is 6. The minimum absolute atomic E-state index is 0. The first-order chi connectivity index (χ1) is 6.20. The van der Waals surface area contributed by atoms with Crippen LogP contribution < -0.4 is 29.6 Å². The quantitative estimate of drug-likeness (QED) is 0.239. The molecule has 5 N–H and O–H groups in total. The van der Waals surface area contributed by atoms with Gasteiger partial charge in [-0.15, -0.1) is 0 Å². The SMILES string of the molecule is O=P(O)(O)OP(=O)(O)OC(CO)CO.[H-].[Na+]. The molecule has 88 valence electrons. The van der Waals surface area contributed by atoms with Crippen LogP contribution in [0.15, 0.2) is 0 Å². The Labute approximate surface area is 109 Å². The van der Waals surface area contributed by atoms with Crippen LogP contribution in [0.25, 0.3) is 0 Å². The van der Waals surface area contributed by atoms with Crippen molar-refractivity contribution in [2.75, 3.05) is 13.2 Å². The summed E-state index contributed by atoms with van der Waals surface area (Å²) in [6.07, 6.45) is -1.45. The molecule has 0 bridgehead atoms. The van der Waals surface area contributed by atoms with E-state index in [4.69, 9.17) is 24.9 Å². The second-order valence-corrected chi connectivity index (χ2v) is 4.92. The number of hydrogen-bond donors (Lipinski definition) is 5. The molecule has 0 saturated carbocycles. The zero-order valence-corrected chi connectivity index (χ0v) is 11.5. The first-order valence-corrected chi connectivity index (χ1v) is 6.22. The Hall–Kier alpha value is 1.18. The summed E-state index contributed by atoms with van der Waals surface area (Å²) in [6.45, 7) is -1.60. The van der Waals surface area contributed by atoms with Gasteiger partial charge >= 0.3 is 45.2 Å². The summed E-state index contributed by atoms with van der Waals surface area (Å²) in [7, 11) is -10.2. The van der Waals surface area contributed by atoms with Gasteiger partial charge in [0.1, 0.15) is 6.10 Å². The van der Waals surface area contributed by atoms with Crippen molar-refractivity contribution in [2.24, 2.45) is 0 Å². The Kier molecular flexibility index (Phi) is 9.27. The summed E-state index contributed by atoms with van der Waals surface area (Å²) in [4.78, 5) is 25.0. The molecule has 0 aliphatic carbocycles. The van der Waals surface area contributed by atoms with E-state index >= 15 is 0 Å².